The van der Waals surface area contributed by atoms with Crippen LogP contribution in [0, 0.1) is 5.92 Å². The third kappa shape index (κ3) is 4.15. The topological polar surface area (TPSA) is 62.3 Å². The standard InChI is InChI=1S/C21H35N3O4/c1-27-21(26)24-18-12-17(13-19(24)15-28-14-18)22-10-6-16(7-11-22)20(25)23-8-4-2-3-5-9-23/h16-19H,2-15H2,1H3. The first-order valence-electron chi connectivity index (χ1n) is 11.1. The van der Waals surface area contributed by atoms with Gasteiger partial charge in [0, 0.05) is 25.0 Å². The van der Waals surface area contributed by atoms with E-state index in [1.807, 2.05) is 4.90 Å². The Labute approximate surface area is 168 Å². The number of morpholine rings is 1. The van der Waals surface area contributed by atoms with Crippen LogP contribution in [0.3, 0.4) is 0 Å². The summed E-state index contributed by atoms with van der Waals surface area (Å²) in [5, 5.41) is 0. The molecule has 0 aromatic heterocycles. The van der Waals surface area contributed by atoms with Crippen LogP contribution in [0.2, 0.25) is 0 Å². The van der Waals surface area contributed by atoms with Crippen molar-refractivity contribution in [1.29, 1.82) is 0 Å². The van der Waals surface area contributed by atoms with Crippen molar-refractivity contribution in [2.45, 2.75) is 69.5 Å². The molecule has 0 aliphatic carbocycles. The maximum atomic E-state index is 12.9. The molecule has 4 saturated heterocycles. The summed E-state index contributed by atoms with van der Waals surface area (Å²) in [6.07, 6.45) is 8.45. The van der Waals surface area contributed by atoms with E-state index in [-0.39, 0.29) is 24.1 Å². The predicted octanol–water partition coefficient (Wildman–Crippen LogP) is 2.10. The van der Waals surface area contributed by atoms with E-state index in [1.54, 1.807) is 0 Å². The van der Waals surface area contributed by atoms with Crippen LogP contribution in [0.15, 0.2) is 0 Å². The molecule has 4 fully saturated rings. The Morgan fingerprint density at radius 1 is 0.857 bits per heavy atom. The van der Waals surface area contributed by atoms with Crippen LogP contribution in [-0.4, -0.2) is 91.3 Å². The number of piperidine rings is 2. The lowest BCUT2D eigenvalue weighted by molar-refractivity contribution is -0.137. The average molecular weight is 394 g/mol. The number of amides is 2. The molecule has 2 amide bonds. The van der Waals surface area contributed by atoms with Crippen molar-refractivity contribution in [2.24, 2.45) is 5.92 Å². The highest BCUT2D eigenvalue weighted by molar-refractivity contribution is 5.79. The van der Waals surface area contributed by atoms with Gasteiger partial charge < -0.3 is 19.3 Å². The third-order valence-electron chi connectivity index (χ3n) is 7.19. The fourth-order valence-electron chi connectivity index (χ4n) is 5.65. The summed E-state index contributed by atoms with van der Waals surface area (Å²) < 4.78 is 10.7. The second-order valence-electron chi connectivity index (χ2n) is 8.90. The molecule has 0 radical (unpaired) electrons. The first-order chi connectivity index (χ1) is 13.7. The summed E-state index contributed by atoms with van der Waals surface area (Å²) in [6, 6.07) is 0.705. The van der Waals surface area contributed by atoms with Gasteiger partial charge in [-0.3, -0.25) is 9.69 Å². The van der Waals surface area contributed by atoms with Gasteiger partial charge in [-0.05, 0) is 51.6 Å². The second kappa shape index (κ2) is 8.99. The molecule has 2 atom stereocenters. The minimum absolute atomic E-state index is 0.112. The van der Waals surface area contributed by atoms with Gasteiger partial charge in [-0.2, -0.15) is 0 Å². The molecule has 7 heteroatoms. The van der Waals surface area contributed by atoms with Gasteiger partial charge in [0.05, 0.1) is 32.4 Å². The van der Waals surface area contributed by atoms with Gasteiger partial charge in [-0.1, -0.05) is 12.8 Å². The molecule has 2 bridgehead atoms. The molecule has 0 aromatic carbocycles. The highest BCUT2D eigenvalue weighted by Crippen LogP contribution is 2.33. The maximum Gasteiger partial charge on any atom is 0.410 e. The van der Waals surface area contributed by atoms with Crippen molar-refractivity contribution in [3.05, 3.63) is 0 Å². The van der Waals surface area contributed by atoms with Crippen molar-refractivity contribution < 1.29 is 19.1 Å². The Hall–Kier alpha value is -1.34. The van der Waals surface area contributed by atoms with Crippen LogP contribution in [0.1, 0.15) is 51.4 Å². The number of rotatable bonds is 2. The molecule has 4 rings (SSSR count). The van der Waals surface area contributed by atoms with E-state index in [0.717, 1.165) is 64.7 Å². The highest BCUT2D eigenvalue weighted by Gasteiger charge is 2.44. The molecular weight excluding hydrogens is 358 g/mol. The van der Waals surface area contributed by atoms with Crippen molar-refractivity contribution >= 4 is 12.0 Å². The molecule has 2 unspecified atom stereocenters. The van der Waals surface area contributed by atoms with Crippen LogP contribution in [0.5, 0.6) is 0 Å². The quantitative estimate of drug-likeness (QED) is 0.719. The number of nitrogens with zero attached hydrogens (tertiary/aromatic N) is 3. The minimum atomic E-state index is -0.224. The summed E-state index contributed by atoms with van der Waals surface area (Å²) in [5.41, 5.74) is 0. The lowest BCUT2D eigenvalue weighted by Gasteiger charge is -2.50. The van der Waals surface area contributed by atoms with Crippen LogP contribution >= 0.6 is 0 Å². The zero-order chi connectivity index (χ0) is 19.5. The fraction of sp³-hybridized carbons (Fsp3) is 0.905. The van der Waals surface area contributed by atoms with E-state index in [4.69, 9.17) is 9.47 Å². The molecule has 28 heavy (non-hydrogen) atoms. The van der Waals surface area contributed by atoms with E-state index in [9.17, 15) is 9.59 Å². The van der Waals surface area contributed by atoms with E-state index < -0.39 is 0 Å². The maximum absolute atomic E-state index is 12.9. The average Bonchev–Trinajstić information content (AvgIpc) is 3.01. The Morgan fingerprint density at radius 3 is 2.04 bits per heavy atom. The van der Waals surface area contributed by atoms with E-state index in [1.165, 1.54) is 20.0 Å². The van der Waals surface area contributed by atoms with Crippen molar-refractivity contribution in [1.82, 2.24) is 14.7 Å². The molecule has 158 valence electrons. The largest absolute Gasteiger partial charge is 0.453 e. The lowest BCUT2D eigenvalue weighted by Crippen LogP contribution is -2.63. The second-order valence-corrected chi connectivity index (χ2v) is 8.90. The number of likely N-dealkylation sites (tertiary alicyclic amines) is 2. The van der Waals surface area contributed by atoms with Crippen molar-refractivity contribution in [2.75, 3.05) is 46.5 Å². The molecule has 0 aromatic rings. The SMILES string of the molecule is COC(=O)N1C2COCC1CC(N1CCC(C(=O)N3CCCCCC3)CC1)C2. The zero-order valence-electron chi connectivity index (χ0n) is 17.2. The summed E-state index contributed by atoms with van der Waals surface area (Å²) in [4.78, 5) is 31.7. The van der Waals surface area contributed by atoms with E-state index >= 15 is 0 Å². The van der Waals surface area contributed by atoms with Crippen LogP contribution in [0.4, 0.5) is 4.79 Å². The Morgan fingerprint density at radius 2 is 1.46 bits per heavy atom. The van der Waals surface area contributed by atoms with Crippen molar-refractivity contribution in [3.8, 4) is 0 Å². The smallest absolute Gasteiger partial charge is 0.410 e. The monoisotopic (exact) mass is 393 g/mol. The van der Waals surface area contributed by atoms with Crippen molar-refractivity contribution in [3.63, 3.8) is 0 Å². The molecule has 4 aliphatic heterocycles. The number of hydrogen-bond donors (Lipinski definition) is 0. The van der Waals surface area contributed by atoms with Gasteiger partial charge in [0.2, 0.25) is 5.91 Å². The van der Waals surface area contributed by atoms with Gasteiger partial charge in [0.25, 0.3) is 0 Å². The molecule has 4 aliphatic rings. The Kier molecular flexibility index (Phi) is 6.41. The summed E-state index contributed by atoms with van der Waals surface area (Å²) in [5.74, 6) is 0.597. The van der Waals surface area contributed by atoms with Gasteiger partial charge in [-0.15, -0.1) is 0 Å². The summed E-state index contributed by atoms with van der Waals surface area (Å²) in [6.45, 7) is 5.10. The predicted molar refractivity (Wildman–Crippen MR) is 105 cm³/mol. The van der Waals surface area contributed by atoms with E-state index in [2.05, 4.69) is 9.80 Å². The normalized spacial score (nSPS) is 32.7. The number of ether oxygens (including phenoxy) is 2. The highest BCUT2D eigenvalue weighted by atomic mass is 16.5. The molecule has 0 spiro atoms. The molecule has 0 saturated carbocycles. The van der Waals surface area contributed by atoms with Gasteiger partial charge in [0.15, 0.2) is 0 Å². The van der Waals surface area contributed by atoms with Gasteiger partial charge in [0.1, 0.15) is 0 Å². The Bertz CT molecular complexity index is 542. The number of hydrogen-bond acceptors (Lipinski definition) is 5. The summed E-state index contributed by atoms with van der Waals surface area (Å²) >= 11 is 0. The number of carbonyl (C=O) groups is 2. The first-order valence-corrected chi connectivity index (χ1v) is 11.1. The molecule has 7 nitrogen and oxygen atoms in total. The minimum Gasteiger partial charge on any atom is -0.453 e. The Balaban J connectivity index is 1.30. The number of carbonyl (C=O) groups excluding carboxylic acids is 2. The third-order valence-corrected chi connectivity index (χ3v) is 7.19. The fourth-order valence-corrected chi connectivity index (χ4v) is 5.65. The molecular formula is C21H35N3O4. The van der Waals surface area contributed by atoms with Gasteiger partial charge in [-0.25, -0.2) is 4.79 Å². The molecule has 0 N–H and O–H groups in total. The van der Waals surface area contributed by atoms with Crippen LogP contribution in [0.25, 0.3) is 0 Å². The summed E-state index contributed by atoms with van der Waals surface area (Å²) in [7, 11) is 1.46. The first kappa shape index (κ1) is 20.0. The molecule has 4 heterocycles. The lowest BCUT2D eigenvalue weighted by atomic mass is 9.86. The number of fused-ring (bicyclic) bond motifs is 2. The van der Waals surface area contributed by atoms with E-state index in [0.29, 0.717) is 25.2 Å². The zero-order valence-corrected chi connectivity index (χ0v) is 17.2. The number of methoxy groups -OCH3 is 1. The van der Waals surface area contributed by atoms with Crippen LogP contribution < -0.4 is 0 Å². The van der Waals surface area contributed by atoms with Gasteiger partial charge >= 0.3 is 6.09 Å². The van der Waals surface area contributed by atoms with Crippen LogP contribution in [-0.2, 0) is 14.3 Å².